The van der Waals surface area contributed by atoms with Crippen LogP contribution in [0, 0.1) is 5.82 Å². The number of hydrogen-bond acceptors (Lipinski definition) is 5. The maximum Gasteiger partial charge on any atom is 0.235 e. The summed E-state index contributed by atoms with van der Waals surface area (Å²) >= 11 is 1.25. The number of carbonyl (C=O) groups excluding carboxylic acids is 1. The standard InChI is InChI=1S/C20H18FN5OS/c1-12(19(27)26(2)11-13-6-5-7-14(21)10-13)28-20-23-18-17(24-25-20)15-8-3-4-9-16(15)22-18/h3-10,12H,11H2,1-2H3,(H,22,23,25)/t12-/m1/s1. The molecular formula is C20H18FN5OS. The second-order valence-electron chi connectivity index (χ2n) is 6.55. The summed E-state index contributed by atoms with van der Waals surface area (Å²) in [5.41, 5.74) is 3.04. The number of hydrogen-bond donors (Lipinski definition) is 1. The molecule has 0 aliphatic heterocycles. The van der Waals surface area contributed by atoms with Crippen molar-refractivity contribution in [1.29, 1.82) is 0 Å². The molecule has 2 heterocycles. The Bertz CT molecular complexity index is 1160. The topological polar surface area (TPSA) is 74.8 Å². The van der Waals surface area contributed by atoms with Crippen molar-refractivity contribution in [3.8, 4) is 0 Å². The summed E-state index contributed by atoms with van der Waals surface area (Å²) in [6.45, 7) is 2.13. The fourth-order valence-electron chi connectivity index (χ4n) is 3.06. The predicted octanol–water partition coefficient (Wildman–Crippen LogP) is 3.78. The van der Waals surface area contributed by atoms with E-state index < -0.39 is 5.25 Å². The zero-order chi connectivity index (χ0) is 19.7. The van der Waals surface area contributed by atoms with Gasteiger partial charge in [-0.3, -0.25) is 4.79 Å². The van der Waals surface area contributed by atoms with Crippen molar-refractivity contribution in [2.24, 2.45) is 0 Å². The Morgan fingerprint density at radius 1 is 1.21 bits per heavy atom. The Morgan fingerprint density at radius 3 is 2.86 bits per heavy atom. The van der Waals surface area contributed by atoms with Crippen molar-refractivity contribution < 1.29 is 9.18 Å². The van der Waals surface area contributed by atoms with Crippen LogP contribution in [0.15, 0.2) is 53.7 Å². The molecule has 8 heteroatoms. The minimum Gasteiger partial charge on any atom is -0.340 e. The molecule has 1 atom stereocenters. The molecule has 0 bridgehead atoms. The number of halogens is 1. The van der Waals surface area contributed by atoms with Gasteiger partial charge in [0.2, 0.25) is 11.1 Å². The van der Waals surface area contributed by atoms with Crippen LogP contribution < -0.4 is 0 Å². The highest BCUT2D eigenvalue weighted by atomic mass is 32.2. The first-order chi connectivity index (χ1) is 13.5. The van der Waals surface area contributed by atoms with E-state index in [4.69, 9.17) is 0 Å². The van der Waals surface area contributed by atoms with E-state index in [1.54, 1.807) is 31.0 Å². The Kier molecular flexibility index (Phi) is 4.95. The van der Waals surface area contributed by atoms with Crippen molar-refractivity contribution in [1.82, 2.24) is 25.1 Å². The Balaban J connectivity index is 1.48. The van der Waals surface area contributed by atoms with E-state index in [1.807, 2.05) is 24.3 Å². The molecule has 0 saturated heterocycles. The van der Waals surface area contributed by atoms with E-state index in [1.165, 1.54) is 23.9 Å². The maximum atomic E-state index is 13.3. The Morgan fingerprint density at radius 2 is 2.04 bits per heavy atom. The van der Waals surface area contributed by atoms with Crippen LogP contribution in [0.25, 0.3) is 22.1 Å². The van der Waals surface area contributed by atoms with Crippen molar-refractivity contribution >= 4 is 39.7 Å². The number of amides is 1. The van der Waals surface area contributed by atoms with Gasteiger partial charge in [-0.1, -0.05) is 42.1 Å². The number of benzene rings is 2. The van der Waals surface area contributed by atoms with E-state index in [-0.39, 0.29) is 11.7 Å². The Labute approximate surface area is 165 Å². The van der Waals surface area contributed by atoms with Crippen molar-refractivity contribution in [2.45, 2.75) is 23.9 Å². The average molecular weight is 395 g/mol. The molecule has 4 rings (SSSR count). The van der Waals surface area contributed by atoms with Gasteiger partial charge in [-0.15, -0.1) is 10.2 Å². The van der Waals surface area contributed by atoms with Crippen LogP contribution >= 0.6 is 11.8 Å². The molecule has 142 valence electrons. The van der Waals surface area contributed by atoms with Crippen LogP contribution in [-0.4, -0.2) is 43.3 Å². The van der Waals surface area contributed by atoms with Gasteiger partial charge in [-0.05, 0) is 30.7 Å². The van der Waals surface area contributed by atoms with Gasteiger partial charge in [0, 0.05) is 24.5 Å². The van der Waals surface area contributed by atoms with Crippen LogP contribution in [-0.2, 0) is 11.3 Å². The molecule has 1 N–H and O–H groups in total. The highest BCUT2D eigenvalue weighted by molar-refractivity contribution is 8.00. The number of carbonyl (C=O) groups is 1. The number of para-hydroxylation sites is 1. The molecule has 0 unspecified atom stereocenters. The summed E-state index contributed by atoms with van der Waals surface area (Å²) in [4.78, 5) is 22.0. The third-order valence-electron chi connectivity index (χ3n) is 4.42. The predicted molar refractivity (Wildman–Crippen MR) is 107 cm³/mol. The first-order valence-corrected chi connectivity index (χ1v) is 9.66. The summed E-state index contributed by atoms with van der Waals surface area (Å²) in [7, 11) is 1.70. The molecule has 0 spiro atoms. The SMILES string of the molecule is C[C@@H](Sc1nnc2c(n1)[nH]c1ccccc12)C(=O)N(C)Cc1cccc(F)c1. The minimum atomic E-state index is -0.401. The summed E-state index contributed by atoms with van der Waals surface area (Å²) in [6, 6.07) is 14.0. The van der Waals surface area contributed by atoms with Crippen molar-refractivity contribution in [3.63, 3.8) is 0 Å². The first-order valence-electron chi connectivity index (χ1n) is 8.78. The minimum absolute atomic E-state index is 0.0883. The molecule has 0 aliphatic carbocycles. The number of fused-ring (bicyclic) bond motifs is 3. The summed E-state index contributed by atoms with van der Waals surface area (Å²) in [5, 5.41) is 9.44. The molecule has 2 aromatic carbocycles. The third-order valence-corrected chi connectivity index (χ3v) is 5.36. The van der Waals surface area contributed by atoms with E-state index in [9.17, 15) is 9.18 Å². The lowest BCUT2D eigenvalue weighted by molar-refractivity contribution is -0.129. The third kappa shape index (κ3) is 3.68. The van der Waals surface area contributed by atoms with Gasteiger partial charge in [-0.25, -0.2) is 9.37 Å². The zero-order valence-electron chi connectivity index (χ0n) is 15.4. The molecule has 0 radical (unpaired) electrons. The fraction of sp³-hybridized carbons (Fsp3) is 0.200. The summed E-state index contributed by atoms with van der Waals surface area (Å²) < 4.78 is 13.3. The molecular weight excluding hydrogens is 377 g/mol. The van der Waals surface area contributed by atoms with Gasteiger partial charge in [0.1, 0.15) is 11.3 Å². The van der Waals surface area contributed by atoms with Crippen LogP contribution in [0.2, 0.25) is 0 Å². The monoisotopic (exact) mass is 395 g/mol. The van der Waals surface area contributed by atoms with Gasteiger partial charge in [-0.2, -0.15) is 0 Å². The Hall–Kier alpha value is -3.00. The van der Waals surface area contributed by atoms with Crippen LogP contribution in [0.4, 0.5) is 4.39 Å². The first kappa shape index (κ1) is 18.4. The molecule has 6 nitrogen and oxygen atoms in total. The van der Waals surface area contributed by atoms with E-state index in [2.05, 4.69) is 20.2 Å². The van der Waals surface area contributed by atoms with Gasteiger partial charge in [0.25, 0.3) is 0 Å². The molecule has 1 amide bonds. The van der Waals surface area contributed by atoms with Gasteiger partial charge in [0.15, 0.2) is 5.65 Å². The average Bonchev–Trinajstić information content (AvgIpc) is 3.05. The molecule has 0 aliphatic rings. The van der Waals surface area contributed by atoms with Crippen LogP contribution in [0.3, 0.4) is 0 Å². The number of rotatable bonds is 5. The lowest BCUT2D eigenvalue weighted by Gasteiger charge is -2.20. The van der Waals surface area contributed by atoms with E-state index in [0.29, 0.717) is 22.9 Å². The van der Waals surface area contributed by atoms with Crippen LogP contribution in [0.1, 0.15) is 12.5 Å². The van der Waals surface area contributed by atoms with E-state index in [0.717, 1.165) is 16.5 Å². The number of H-pyrrole nitrogens is 1. The van der Waals surface area contributed by atoms with Crippen LogP contribution in [0.5, 0.6) is 0 Å². The molecule has 0 saturated carbocycles. The normalized spacial score (nSPS) is 12.4. The quantitative estimate of drug-likeness (QED) is 0.521. The molecule has 2 aromatic heterocycles. The molecule has 4 aromatic rings. The summed E-state index contributed by atoms with van der Waals surface area (Å²) in [6.07, 6.45) is 0. The highest BCUT2D eigenvalue weighted by Gasteiger charge is 2.21. The maximum absolute atomic E-state index is 13.3. The smallest absolute Gasteiger partial charge is 0.235 e. The van der Waals surface area contributed by atoms with Gasteiger partial charge < -0.3 is 9.88 Å². The molecule has 28 heavy (non-hydrogen) atoms. The summed E-state index contributed by atoms with van der Waals surface area (Å²) in [5.74, 6) is -0.401. The largest absolute Gasteiger partial charge is 0.340 e. The van der Waals surface area contributed by atoms with Crippen molar-refractivity contribution in [2.75, 3.05) is 7.05 Å². The van der Waals surface area contributed by atoms with Gasteiger partial charge >= 0.3 is 0 Å². The highest BCUT2D eigenvalue weighted by Crippen LogP contribution is 2.25. The molecule has 0 fully saturated rings. The number of nitrogens with zero attached hydrogens (tertiary/aromatic N) is 4. The van der Waals surface area contributed by atoms with Crippen molar-refractivity contribution in [3.05, 3.63) is 59.9 Å². The zero-order valence-corrected chi connectivity index (χ0v) is 16.2. The lowest BCUT2D eigenvalue weighted by atomic mass is 10.2. The van der Waals surface area contributed by atoms with E-state index >= 15 is 0 Å². The lowest BCUT2D eigenvalue weighted by Crippen LogP contribution is -2.32. The van der Waals surface area contributed by atoms with Gasteiger partial charge in [0.05, 0.1) is 5.25 Å². The number of aromatic nitrogens is 4. The fourth-order valence-corrected chi connectivity index (χ4v) is 3.89. The number of thioether (sulfide) groups is 1. The number of nitrogens with one attached hydrogen (secondary N) is 1. The second kappa shape index (κ2) is 7.55. The number of aromatic amines is 1. The second-order valence-corrected chi connectivity index (χ2v) is 7.85.